The van der Waals surface area contributed by atoms with E-state index in [0.717, 1.165) is 52.7 Å². The summed E-state index contributed by atoms with van der Waals surface area (Å²) in [6.45, 7) is 4.90. The topological polar surface area (TPSA) is 42.0 Å². The molecule has 26 heavy (non-hydrogen) atoms. The van der Waals surface area contributed by atoms with Crippen molar-refractivity contribution in [2.75, 3.05) is 6.54 Å². The van der Waals surface area contributed by atoms with Crippen molar-refractivity contribution in [3.63, 3.8) is 0 Å². The maximum absolute atomic E-state index is 13.0. The van der Waals surface area contributed by atoms with Crippen LogP contribution in [-0.2, 0) is 0 Å². The second-order valence-electron chi connectivity index (χ2n) is 6.66. The van der Waals surface area contributed by atoms with Gasteiger partial charge in [-0.15, -0.1) is 0 Å². The van der Waals surface area contributed by atoms with Gasteiger partial charge in [0.05, 0.1) is 16.8 Å². The Bertz CT molecular complexity index is 887. The van der Waals surface area contributed by atoms with Crippen LogP contribution in [0.3, 0.4) is 0 Å². The number of unbranched alkanes of at least 4 members (excludes halogenated alkanes) is 3. The van der Waals surface area contributed by atoms with Gasteiger partial charge in [0.15, 0.2) is 0 Å². The number of fused-ring (bicyclic) bond motifs is 1. The SMILES string of the molecule is CCCCCCNC(=O)c1c(C)c(-c2ccccc2)nc2ccccc12. The number of carbonyl (C=O) groups excluding carboxylic acids is 1. The lowest BCUT2D eigenvalue weighted by molar-refractivity contribution is 0.0954. The van der Waals surface area contributed by atoms with Gasteiger partial charge in [-0.2, -0.15) is 0 Å². The number of pyridine rings is 1. The molecular weight excluding hydrogens is 320 g/mol. The number of nitrogens with one attached hydrogen (secondary N) is 1. The number of benzene rings is 2. The fourth-order valence-corrected chi connectivity index (χ4v) is 3.32. The van der Waals surface area contributed by atoms with E-state index in [-0.39, 0.29) is 5.91 Å². The molecule has 0 fully saturated rings. The molecule has 3 heteroatoms. The quantitative estimate of drug-likeness (QED) is 0.572. The largest absolute Gasteiger partial charge is 0.352 e. The van der Waals surface area contributed by atoms with E-state index in [9.17, 15) is 4.79 Å². The fraction of sp³-hybridized carbons (Fsp3) is 0.304. The first-order valence-electron chi connectivity index (χ1n) is 9.45. The molecule has 0 unspecified atom stereocenters. The number of carbonyl (C=O) groups is 1. The van der Waals surface area contributed by atoms with Gasteiger partial charge in [-0.25, -0.2) is 4.98 Å². The molecule has 134 valence electrons. The molecule has 0 spiro atoms. The van der Waals surface area contributed by atoms with E-state index in [4.69, 9.17) is 4.98 Å². The highest BCUT2D eigenvalue weighted by atomic mass is 16.1. The van der Waals surface area contributed by atoms with E-state index in [1.54, 1.807) is 0 Å². The summed E-state index contributed by atoms with van der Waals surface area (Å²) >= 11 is 0. The molecule has 0 saturated carbocycles. The molecule has 1 amide bonds. The van der Waals surface area contributed by atoms with Crippen LogP contribution in [0.15, 0.2) is 54.6 Å². The third-order valence-electron chi connectivity index (χ3n) is 4.73. The van der Waals surface area contributed by atoms with E-state index >= 15 is 0 Å². The normalized spacial score (nSPS) is 10.8. The summed E-state index contributed by atoms with van der Waals surface area (Å²) < 4.78 is 0. The number of hydrogen-bond donors (Lipinski definition) is 1. The molecule has 3 rings (SSSR count). The molecular formula is C23H26N2O. The summed E-state index contributed by atoms with van der Waals surface area (Å²) in [4.78, 5) is 17.8. The summed E-state index contributed by atoms with van der Waals surface area (Å²) in [5.74, 6) is -0.00483. The minimum absolute atomic E-state index is 0.00483. The van der Waals surface area contributed by atoms with Gasteiger partial charge in [0.1, 0.15) is 0 Å². The summed E-state index contributed by atoms with van der Waals surface area (Å²) in [5, 5.41) is 4.02. The van der Waals surface area contributed by atoms with E-state index in [2.05, 4.69) is 12.2 Å². The molecule has 2 aromatic carbocycles. The molecule has 0 aliphatic carbocycles. The Morgan fingerprint density at radius 1 is 0.962 bits per heavy atom. The summed E-state index contributed by atoms with van der Waals surface area (Å²) in [7, 11) is 0. The number of amides is 1. The van der Waals surface area contributed by atoms with Crippen LogP contribution in [0.1, 0.15) is 48.5 Å². The zero-order valence-corrected chi connectivity index (χ0v) is 15.6. The predicted octanol–water partition coefficient (Wildman–Crippen LogP) is 5.52. The highest BCUT2D eigenvalue weighted by Crippen LogP contribution is 2.29. The van der Waals surface area contributed by atoms with Crippen LogP contribution in [0.4, 0.5) is 0 Å². The van der Waals surface area contributed by atoms with E-state index in [1.165, 1.54) is 12.8 Å². The maximum Gasteiger partial charge on any atom is 0.252 e. The van der Waals surface area contributed by atoms with Crippen LogP contribution in [0.2, 0.25) is 0 Å². The molecule has 3 nitrogen and oxygen atoms in total. The zero-order valence-electron chi connectivity index (χ0n) is 15.6. The predicted molar refractivity (Wildman–Crippen MR) is 108 cm³/mol. The van der Waals surface area contributed by atoms with Crippen molar-refractivity contribution in [3.05, 3.63) is 65.7 Å². The number of para-hydroxylation sites is 1. The molecule has 0 radical (unpaired) electrons. The van der Waals surface area contributed by atoms with E-state index in [0.29, 0.717) is 0 Å². The van der Waals surface area contributed by atoms with Gasteiger partial charge in [-0.1, -0.05) is 74.7 Å². The van der Waals surface area contributed by atoms with E-state index < -0.39 is 0 Å². The Kier molecular flexibility index (Phi) is 6.00. The Labute approximate surface area is 155 Å². The molecule has 1 N–H and O–H groups in total. The first-order chi connectivity index (χ1) is 12.7. The molecule has 0 aliphatic rings. The smallest absolute Gasteiger partial charge is 0.252 e. The van der Waals surface area contributed by atoms with Crippen molar-refractivity contribution in [1.29, 1.82) is 0 Å². The lowest BCUT2D eigenvalue weighted by Crippen LogP contribution is -2.26. The van der Waals surface area contributed by atoms with Gasteiger partial charge in [0.2, 0.25) is 0 Å². The number of aromatic nitrogens is 1. The van der Waals surface area contributed by atoms with Crippen LogP contribution in [0, 0.1) is 6.92 Å². The van der Waals surface area contributed by atoms with Gasteiger partial charge in [-0.05, 0) is 25.0 Å². The lowest BCUT2D eigenvalue weighted by atomic mass is 9.97. The first kappa shape index (κ1) is 18.1. The second-order valence-corrected chi connectivity index (χ2v) is 6.66. The van der Waals surface area contributed by atoms with Crippen LogP contribution in [0.25, 0.3) is 22.2 Å². The molecule has 0 bridgehead atoms. The van der Waals surface area contributed by atoms with Crippen LogP contribution < -0.4 is 5.32 Å². The zero-order chi connectivity index (χ0) is 18.4. The van der Waals surface area contributed by atoms with Gasteiger partial charge in [0.25, 0.3) is 5.91 Å². The average molecular weight is 346 g/mol. The van der Waals surface area contributed by atoms with Gasteiger partial charge < -0.3 is 5.32 Å². The Morgan fingerprint density at radius 3 is 2.46 bits per heavy atom. The summed E-state index contributed by atoms with van der Waals surface area (Å²) in [6, 6.07) is 17.9. The van der Waals surface area contributed by atoms with Crippen LogP contribution in [0.5, 0.6) is 0 Å². The average Bonchev–Trinajstić information content (AvgIpc) is 2.68. The molecule has 0 saturated heterocycles. The Morgan fingerprint density at radius 2 is 1.69 bits per heavy atom. The Balaban J connectivity index is 1.97. The van der Waals surface area contributed by atoms with E-state index in [1.807, 2.05) is 61.5 Å². The second kappa shape index (κ2) is 8.61. The highest BCUT2D eigenvalue weighted by Gasteiger charge is 2.18. The van der Waals surface area contributed by atoms with Crippen molar-refractivity contribution in [1.82, 2.24) is 10.3 Å². The standard InChI is InChI=1S/C23H26N2O/c1-3-4-5-11-16-24-23(26)21-17(2)22(18-12-7-6-8-13-18)25-20-15-10-9-14-19(20)21/h6-10,12-15H,3-5,11,16H2,1-2H3,(H,24,26). The van der Waals surface area contributed by atoms with Crippen molar-refractivity contribution in [3.8, 4) is 11.3 Å². The maximum atomic E-state index is 13.0. The van der Waals surface area contributed by atoms with Gasteiger partial charge >= 0.3 is 0 Å². The van der Waals surface area contributed by atoms with Crippen LogP contribution >= 0.6 is 0 Å². The minimum Gasteiger partial charge on any atom is -0.352 e. The van der Waals surface area contributed by atoms with Gasteiger partial charge in [0, 0.05) is 17.5 Å². The summed E-state index contributed by atoms with van der Waals surface area (Å²) in [6.07, 6.45) is 4.59. The van der Waals surface area contributed by atoms with Gasteiger partial charge in [-0.3, -0.25) is 4.79 Å². The van der Waals surface area contributed by atoms with Crippen molar-refractivity contribution < 1.29 is 4.79 Å². The monoisotopic (exact) mass is 346 g/mol. The van der Waals surface area contributed by atoms with Crippen molar-refractivity contribution >= 4 is 16.8 Å². The third-order valence-corrected chi connectivity index (χ3v) is 4.73. The van der Waals surface area contributed by atoms with Crippen molar-refractivity contribution in [2.24, 2.45) is 0 Å². The molecule has 1 aromatic heterocycles. The highest BCUT2D eigenvalue weighted by molar-refractivity contribution is 6.08. The number of nitrogens with zero attached hydrogens (tertiary/aromatic N) is 1. The van der Waals surface area contributed by atoms with Crippen LogP contribution in [-0.4, -0.2) is 17.4 Å². The molecule has 0 atom stereocenters. The first-order valence-corrected chi connectivity index (χ1v) is 9.45. The molecule has 1 heterocycles. The lowest BCUT2D eigenvalue weighted by Gasteiger charge is -2.15. The summed E-state index contributed by atoms with van der Waals surface area (Å²) in [5.41, 5.74) is 4.44. The number of hydrogen-bond acceptors (Lipinski definition) is 2. The van der Waals surface area contributed by atoms with Crippen molar-refractivity contribution in [2.45, 2.75) is 39.5 Å². The molecule has 0 aliphatic heterocycles. The minimum atomic E-state index is -0.00483. The molecule has 3 aromatic rings. The number of rotatable bonds is 7. The Hall–Kier alpha value is -2.68. The fourth-order valence-electron chi connectivity index (χ4n) is 3.32. The third kappa shape index (κ3) is 3.93.